The van der Waals surface area contributed by atoms with Gasteiger partial charge >= 0.3 is 19.4 Å². The number of ether oxygens (including phenoxy) is 1. The number of aliphatic hydroxyl groups is 1. The number of para-hydroxylation sites is 1. The first kappa shape index (κ1) is 24.8. The lowest BCUT2D eigenvalue weighted by atomic mass is 9.98. The molecule has 1 fully saturated rings. The number of aliphatic carboxylic acids is 1. The molecular formula is C19H23FN3O9P. The average molecular weight is 487 g/mol. The molecule has 2 aromatic rings. The van der Waals surface area contributed by atoms with Gasteiger partial charge in [0.25, 0.3) is 5.56 Å². The summed E-state index contributed by atoms with van der Waals surface area (Å²) in [5.41, 5.74) is -4.16. The molecule has 3 rings (SSSR count). The minimum absolute atomic E-state index is 0.104. The normalized spacial score (nSPS) is 27.6. The van der Waals surface area contributed by atoms with Gasteiger partial charge in [-0.25, -0.2) is 13.8 Å². The van der Waals surface area contributed by atoms with E-state index in [9.17, 15) is 24.1 Å². The molecule has 12 nitrogen and oxygen atoms in total. The van der Waals surface area contributed by atoms with Gasteiger partial charge < -0.3 is 19.5 Å². The molecule has 0 bridgehead atoms. The third kappa shape index (κ3) is 5.57. The van der Waals surface area contributed by atoms with Gasteiger partial charge in [0.05, 0.1) is 6.61 Å². The maximum Gasteiger partial charge on any atom is 0.459 e. The smallest absolute Gasteiger partial charge is 0.459 e. The number of carboxylic acids is 1. The number of carboxylic acid groups (broad SMARTS) is 1. The molecular weight excluding hydrogens is 464 g/mol. The summed E-state index contributed by atoms with van der Waals surface area (Å²) in [6.07, 6.45) is -3.87. The van der Waals surface area contributed by atoms with E-state index in [0.29, 0.717) is 0 Å². The molecule has 1 aliphatic rings. The molecule has 4 N–H and O–H groups in total. The van der Waals surface area contributed by atoms with Crippen LogP contribution in [0.2, 0.25) is 0 Å². The molecule has 0 saturated carbocycles. The van der Waals surface area contributed by atoms with E-state index in [0.717, 1.165) is 23.8 Å². The van der Waals surface area contributed by atoms with Crippen LogP contribution in [-0.2, 0) is 18.6 Å². The van der Waals surface area contributed by atoms with Crippen molar-refractivity contribution in [3.63, 3.8) is 0 Å². The van der Waals surface area contributed by atoms with Crippen molar-refractivity contribution in [2.24, 2.45) is 0 Å². The van der Waals surface area contributed by atoms with Crippen LogP contribution in [0.3, 0.4) is 0 Å². The Morgan fingerprint density at radius 1 is 1.36 bits per heavy atom. The number of nitrogens with zero attached hydrogens (tertiary/aromatic N) is 1. The molecule has 1 saturated heterocycles. The van der Waals surface area contributed by atoms with E-state index in [4.69, 9.17) is 18.9 Å². The fraction of sp³-hybridized carbons (Fsp3) is 0.421. The van der Waals surface area contributed by atoms with Crippen LogP contribution in [-0.4, -0.2) is 56.3 Å². The quantitative estimate of drug-likeness (QED) is 0.371. The number of aromatic nitrogens is 2. The van der Waals surface area contributed by atoms with Crippen molar-refractivity contribution in [1.82, 2.24) is 14.6 Å². The number of hydrogen-bond donors (Lipinski definition) is 4. The first-order valence-electron chi connectivity index (χ1n) is 9.77. The fourth-order valence-electron chi connectivity index (χ4n) is 3.14. The molecule has 1 aromatic carbocycles. The second kappa shape index (κ2) is 9.57. The first-order chi connectivity index (χ1) is 15.4. The Bertz CT molecular complexity index is 1150. The van der Waals surface area contributed by atoms with Crippen LogP contribution in [0.1, 0.15) is 20.1 Å². The minimum atomic E-state index is -4.34. The number of aromatic amines is 1. The molecule has 33 heavy (non-hydrogen) atoms. The van der Waals surface area contributed by atoms with Crippen molar-refractivity contribution < 1.29 is 37.7 Å². The van der Waals surface area contributed by atoms with Crippen LogP contribution >= 0.6 is 7.75 Å². The summed E-state index contributed by atoms with van der Waals surface area (Å²) in [4.78, 5) is 36.5. The second-order valence-corrected chi connectivity index (χ2v) is 9.22. The number of hydrogen-bond acceptors (Lipinski definition) is 8. The summed E-state index contributed by atoms with van der Waals surface area (Å²) < 4.78 is 45.4. The molecule has 3 unspecified atom stereocenters. The van der Waals surface area contributed by atoms with Gasteiger partial charge in [0.2, 0.25) is 0 Å². The van der Waals surface area contributed by atoms with Crippen LogP contribution in [0.5, 0.6) is 5.75 Å². The Morgan fingerprint density at radius 2 is 2.03 bits per heavy atom. The summed E-state index contributed by atoms with van der Waals surface area (Å²) in [5.74, 6) is -1.23. The SMILES string of the molecule is C[C@H](NP(=O)(OCC1O[C@@H](n2ccc(=O)[nH]c2=O)[C@](C)(F)C1O)Oc1ccccc1)C(=O)O. The van der Waals surface area contributed by atoms with E-state index in [2.05, 4.69) is 5.09 Å². The van der Waals surface area contributed by atoms with Gasteiger partial charge in [0.1, 0.15) is 24.0 Å². The molecule has 6 atom stereocenters. The highest BCUT2D eigenvalue weighted by atomic mass is 31.2. The number of benzene rings is 1. The summed E-state index contributed by atoms with van der Waals surface area (Å²) in [6, 6.07) is 7.41. The van der Waals surface area contributed by atoms with Gasteiger partial charge in [-0.3, -0.25) is 23.7 Å². The van der Waals surface area contributed by atoms with Gasteiger partial charge in [-0.15, -0.1) is 0 Å². The first-order valence-corrected chi connectivity index (χ1v) is 11.3. The molecule has 1 aromatic heterocycles. The van der Waals surface area contributed by atoms with E-state index < -0.39 is 61.7 Å². The van der Waals surface area contributed by atoms with Gasteiger partial charge in [-0.2, -0.15) is 5.09 Å². The number of rotatable bonds is 9. The predicted octanol–water partition coefficient (Wildman–Crippen LogP) is 0.789. The van der Waals surface area contributed by atoms with E-state index in [1.54, 1.807) is 18.2 Å². The number of H-pyrrole nitrogens is 1. The third-order valence-corrected chi connectivity index (χ3v) is 6.56. The fourth-order valence-corrected chi connectivity index (χ4v) is 4.64. The lowest BCUT2D eigenvalue weighted by Crippen LogP contribution is -2.43. The molecule has 0 amide bonds. The molecule has 180 valence electrons. The van der Waals surface area contributed by atoms with Crippen LogP contribution in [0.15, 0.2) is 52.2 Å². The molecule has 14 heteroatoms. The van der Waals surface area contributed by atoms with Crippen LogP contribution in [0.25, 0.3) is 0 Å². The van der Waals surface area contributed by atoms with Crippen molar-refractivity contribution in [3.05, 3.63) is 63.4 Å². The summed E-state index contributed by atoms with van der Waals surface area (Å²) >= 11 is 0. The van der Waals surface area contributed by atoms with Crippen LogP contribution in [0.4, 0.5) is 4.39 Å². The van der Waals surface area contributed by atoms with Gasteiger partial charge in [-0.1, -0.05) is 18.2 Å². The van der Waals surface area contributed by atoms with Crippen LogP contribution in [0, 0.1) is 0 Å². The maximum atomic E-state index is 15.3. The highest BCUT2D eigenvalue weighted by molar-refractivity contribution is 7.52. The lowest BCUT2D eigenvalue weighted by molar-refractivity contribution is -0.138. The van der Waals surface area contributed by atoms with E-state index in [1.165, 1.54) is 19.1 Å². The van der Waals surface area contributed by atoms with E-state index in [-0.39, 0.29) is 5.75 Å². The molecule has 1 aliphatic heterocycles. The Kier molecular flexibility index (Phi) is 7.20. The topological polar surface area (TPSA) is 169 Å². The largest absolute Gasteiger partial charge is 0.480 e. The number of halogens is 1. The Labute approximate surface area is 186 Å². The van der Waals surface area contributed by atoms with Crippen molar-refractivity contribution >= 4 is 13.7 Å². The van der Waals surface area contributed by atoms with Crippen LogP contribution < -0.4 is 20.9 Å². The Hall–Kier alpha value is -2.83. The van der Waals surface area contributed by atoms with Crippen molar-refractivity contribution in [2.75, 3.05) is 6.61 Å². The Balaban J connectivity index is 1.80. The Morgan fingerprint density at radius 3 is 2.64 bits per heavy atom. The highest BCUT2D eigenvalue weighted by Crippen LogP contribution is 2.47. The lowest BCUT2D eigenvalue weighted by Gasteiger charge is -2.25. The zero-order valence-corrected chi connectivity index (χ0v) is 18.5. The zero-order chi connectivity index (χ0) is 24.4. The summed E-state index contributed by atoms with van der Waals surface area (Å²) in [6.45, 7) is 1.52. The van der Waals surface area contributed by atoms with Gasteiger partial charge in [0, 0.05) is 12.3 Å². The minimum Gasteiger partial charge on any atom is -0.480 e. The molecule has 2 heterocycles. The predicted molar refractivity (Wildman–Crippen MR) is 112 cm³/mol. The second-order valence-electron chi connectivity index (χ2n) is 7.53. The zero-order valence-electron chi connectivity index (χ0n) is 17.6. The average Bonchev–Trinajstić information content (AvgIpc) is 2.96. The molecule has 0 radical (unpaired) electrons. The number of aliphatic hydroxyl groups excluding tert-OH is 1. The van der Waals surface area contributed by atoms with E-state index in [1.807, 2.05) is 4.98 Å². The monoisotopic (exact) mass is 487 g/mol. The molecule has 0 spiro atoms. The highest BCUT2D eigenvalue weighted by Gasteiger charge is 2.55. The molecule has 0 aliphatic carbocycles. The van der Waals surface area contributed by atoms with E-state index >= 15 is 4.39 Å². The third-order valence-electron chi connectivity index (χ3n) is 4.92. The number of nitrogens with one attached hydrogen (secondary N) is 2. The summed E-state index contributed by atoms with van der Waals surface area (Å²) in [5, 5.41) is 21.8. The van der Waals surface area contributed by atoms with Gasteiger partial charge in [0.15, 0.2) is 11.9 Å². The number of alkyl halides is 1. The van der Waals surface area contributed by atoms with Crippen molar-refractivity contribution in [1.29, 1.82) is 0 Å². The summed E-state index contributed by atoms with van der Waals surface area (Å²) in [7, 11) is -4.34. The maximum absolute atomic E-state index is 15.3. The van der Waals surface area contributed by atoms with Gasteiger partial charge in [-0.05, 0) is 26.0 Å². The van der Waals surface area contributed by atoms with Crippen molar-refractivity contribution in [2.45, 2.75) is 44.0 Å². The standard InChI is InChI=1S/C19H23FN3O9P/c1-11(16(26)27)22-33(29,32-12-6-4-3-5-7-12)30-10-13-15(25)19(2,20)17(31-13)23-9-8-14(24)21-18(23)28/h3-9,11,13,15,17,25H,10H2,1-2H3,(H,22,29)(H,26,27)(H,21,24,28)/t11-,13?,15?,17+,19+,33?/m0/s1. The number of carbonyl (C=O) groups is 1. The van der Waals surface area contributed by atoms with Crippen molar-refractivity contribution in [3.8, 4) is 5.75 Å².